The van der Waals surface area contributed by atoms with Crippen LogP contribution in [0.15, 0.2) is 37.4 Å². The van der Waals surface area contributed by atoms with E-state index in [0.29, 0.717) is 0 Å². The minimum absolute atomic E-state index is 0.826. The summed E-state index contributed by atoms with van der Waals surface area (Å²) < 4.78 is 1.79. The lowest BCUT2D eigenvalue weighted by atomic mass is 10.2. The van der Waals surface area contributed by atoms with E-state index in [4.69, 9.17) is 0 Å². The third-order valence-corrected chi connectivity index (χ3v) is 4.02. The van der Waals surface area contributed by atoms with E-state index in [1.807, 2.05) is 0 Å². The Morgan fingerprint density at radius 1 is 1.21 bits per heavy atom. The average molecular weight is 287 g/mol. The number of hydrogen-bond acceptors (Lipinski definition) is 4. The molecule has 0 fully saturated rings. The fraction of sp³-hybridized carbons (Fsp3) is 0.111. The third kappa shape index (κ3) is 2.56. The van der Waals surface area contributed by atoms with Crippen molar-refractivity contribution >= 4 is 39.0 Å². The molecule has 0 radical (unpaired) electrons. The highest BCUT2D eigenvalue weighted by molar-refractivity contribution is 9.11. The van der Waals surface area contributed by atoms with E-state index in [9.17, 15) is 0 Å². The molecule has 2 aromatic rings. The van der Waals surface area contributed by atoms with Gasteiger partial charge in [0.1, 0.15) is 0 Å². The second kappa shape index (κ2) is 4.42. The Bertz CT molecular complexity index is 425. The number of aryl methyl sites for hydroxylation is 1. The Labute approximate surface area is 98.9 Å². The molecule has 2 nitrogen and oxygen atoms in total. The topological polar surface area (TPSA) is 25.8 Å². The Morgan fingerprint density at radius 3 is 2.50 bits per heavy atom. The number of hydrogen-bond donors (Lipinski definition) is 0. The normalized spacial score (nSPS) is 10.4. The van der Waals surface area contributed by atoms with Gasteiger partial charge in [0.2, 0.25) is 0 Å². The van der Waals surface area contributed by atoms with Crippen LogP contribution in [0.25, 0.3) is 0 Å². The van der Waals surface area contributed by atoms with E-state index >= 15 is 0 Å². The standard InChI is InChI=1S/C9H7BrN2S2/c1-6-2-4-7(5-3-6)13-9-12-11-8(10)14-9/h2-5H,1H3. The van der Waals surface area contributed by atoms with Crippen molar-refractivity contribution in [2.24, 2.45) is 0 Å². The Morgan fingerprint density at radius 2 is 1.93 bits per heavy atom. The minimum Gasteiger partial charge on any atom is -0.130 e. The number of aromatic nitrogens is 2. The second-order valence-electron chi connectivity index (χ2n) is 2.74. The van der Waals surface area contributed by atoms with Crippen molar-refractivity contribution in [2.75, 3.05) is 0 Å². The van der Waals surface area contributed by atoms with Gasteiger partial charge in [-0.05, 0) is 35.0 Å². The van der Waals surface area contributed by atoms with Crippen LogP contribution < -0.4 is 0 Å². The molecule has 1 heterocycles. The van der Waals surface area contributed by atoms with Crippen LogP contribution in [0.3, 0.4) is 0 Å². The summed E-state index contributed by atoms with van der Waals surface area (Å²) in [7, 11) is 0. The maximum absolute atomic E-state index is 4.02. The zero-order valence-electron chi connectivity index (χ0n) is 7.40. The molecule has 0 unspecified atom stereocenters. The molecule has 0 saturated carbocycles. The molecule has 0 aliphatic heterocycles. The van der Waals surface area contributed by atoms with Crippen LogP contribution in [0.4, 0.5) is 0 Å². The van der Waals surface area contributed by atoms with E-state index in [-0.39, 0.29) is 0 Å². The van der Waals surface area contributed by atoms with E-state index in [1.165, 1.54) is 10.5 Å². The number of nitrogens with zero attached hydrogens (tertiary/aromatic N) is 2. The fourth-order valence-electron chi connectivity index (χ4n) is 0.941. The zero-order chi connectivity index (χ0) is 9.97. The summed E-state index contributed by atoms with van der Waals surface area (Å²) in [5, 5.41) is 7.91. The molecule has 0 aliphatic rings. The van der Waals surface area contributed by atoms with Gasteiger partial charge in [-0.2, -0.15) is 0 Å². The van der Waals surface area contributed by atoms with Crippen LogP contribution in [0.1, 0.15) is 5.56 Å². The molecule has 5 heteroatoms. The summed E-state index contributed by atoms with van der Waals surface area (Å²) in [5.41, 5.74) is 1.27. The fourth-order valence-corrected chi connectivity index (χ4v) is 3.36. The monoisotopic (exact) mass is 286 g/mol. The zero-order valence-corrected chi connectivity index (χ0v) is 10.6. The van der Waals surface area contributed by atoms with Crippen LogP contribution >= 0.6 is 39.0 Å². The molecular weight excluding hydrogens is 280 g/mol. The van der Waals surface area contributed by atoms with Gasteiger partial charge in [-0.1, -0.05) is 40.8 Å². The maximum Gasteiger partial charge on any atom is 0.184 e. The first-order chi connectivity index (χ1) is 6.74. The largest absolute Gasteiger partial charge is 0.184 e. The second-order valence-corrected chi connectivity index (χ2v) is 6.31. The van der Waals surface area contributed by atoms with Crippen molar-refractivity contribution in [1.82, 2.24) is 10.2 Å². The van der Waals surface area contributed by atoms with Gasteiger partial charge < -0.3 is 0 Å². The van der Waals surface area contributed by atoms with Crippen LogP contribution in [-0.4, -0.2) is 10.2 Å². The maximum atomic E-state index is 4.02. The molecule has 2 rings (SSSR count). The molecule has 0 bridgehead atoms. The van der Waals surface area contributed by atoms with Gasteiger partial charge in [0, 0.05) is 4.90 Å². The third-order valence-electron chi connectivity index (χ3n) is 1.61. The highest BCUT2D eigenvalue weighted by Gasteiger charge is 2.03. The van der Waals surface area contributed by atoms with E-state index in [2.05, 4.69) is 57.3 Å². The summed E-state index contributed by atoms with van der Waals surface area (Å²) >= 11 is 6.46. The first-order valence-corrected chi connectivity index (χ1v) is 6.40. The van der Waals surface area contributed by atoms with Gasteiger partial charge in [0.05, 0.1) is 0 Å². The molecule has 1 aromatic carbocycles. The minimum atomic E-state index is 0.826. The van der Waals surface area contributed by atoms with E-state index < -0.39 is 0 Å². The van der Waals surface area contributed by atoms with E-state index in [1.54, 1.807) is 23.1 Å². The lowest BCUT2D eigenvalue weighted by molar-refractivity contribution is 0.997. The molecule has 1 aromatic heterocycles. The predicted octanol–water partition coefficient (Wildman–Crippen LogP) is 3.76. The quantitative estimate of drug-likeness (QED) is 0.841. The van der Waals surface area contributed by atoms with Gasteiger partial charge in [-0.25, -0.2) is 0 Å². The van der Waals surface area contributed by atoms with Crippen molar-refractivity contribution < 1.29 is 0 Å². The summed E-state index contributed by atoms with van der Waals surface area (Å²) in [6.45, 7) is 2.08. The summed E-state index contributed by atoms with van der Waals surface area (Å²) in [4.78, 5) is 1.19. The van der Waals surface area contributed by atoms with Crippen molar-refractivity contribution in [2.45, 2.75) is 16.2 Å². The molecule has 0 saturated heterocycles. The Balaban J connectivity index is 2.15. The number of halogens is 1. The number of benzene rings is 1. The molecule has 0 amide bonds. The molecule has 14 heavy (non-hydrogen) atoms. The van der Waals surface area contributed by atoms with Crippen molar-refractivity contribution in [1.29, 1.82) is 0 Å². The number of rotatable bonds is 2. The van der Waals surface area contributed by atoms with E-state index in [0.717, 1.165) is 8.26 Å². The van der Waals surface area contributed by atoms with Crippen LogP contribution in [0.2, 0.25) is 0 Å². The molecule has 0 N–H and O–H groups in total. The van der Waals surface area contributed by atoms with Crippen molar-refractivity contribution in [3.05, 3.63) is 33.7 Å². The Hall–Kier alpha value is -0.390. The van der Waals surface area contributed by atoms with Gasteiger partial charge in [-0.15, -0.1) is 10.2 Å². The van der Waals surface area contributed by atoms with Crippen LogP contribution in [0.5, 0.6) is 0 Å². The van der Waals surface area contributed by atoms with Gasteiger partial charge in [0.15, 0.2) is 8.26 Å². The molecule has 0 spiro atoms. The van der Waals surface area contributed by atoms with Gasteiger partial charge in [-0.3, -0.25) is 0 Å². The van der Waals surface area contributed by atoms with Gasteiger partial charge in [0.25, 0.3) is 0 Å². The summed E-state index contributed by atoms with van der Waals surface area (Å²) in [6, 6.07) is 8.38. The molecule has 0 aliphatic carbocycles. The molecular formula is C9H7BrN2S2. The summed E-state index contributed by atoms with van der Waals surface area (Å²) in [6.07, 6.45) is 0. The molecule has 0 atom stereocenters. The predicted molar refractivity (Wildman–Crippen MR) is 62.9 cm³/mol. The van der Waals surface area contributed by atoms with Crippen LogP contribution in [0, 0.1) is 6.92 Å². The Kier molecular flexibility index (Phi) is 3.20. The highest BCUT2D eigenvalue weighted by atomic mass is 79.9. The highest BCUT2D eigenvalue weighted by Crippen LogP contribution is 2.31. The van der Waals surface area contributed by atoms with Crippen molar-refractivity contribution in [3.63, 3.8) is 0 Å². The first-order valence-electron chi connectivity index (χ1n) is 3.97. The lowest BCUT2D eigenvalue weighted by Crippen LogP contribution is -1.74. The average Bonchev–Trinajstić information content (AvgIpc) is 2.56. The SMILES string of the molecule is Cc1ccc(Sc2nnc(Br)s2)cc1. The van der Waals surface area contributed by atoms with Crippen LogP contribution in [-0.2, 0) is 0 Å². The smallest absolute Gasteiger partial charge is 0.130 e. The first kappa shape index (κ1) is 10.1. The van der Waals surface area contributed by atoms with Crippen molar-refractivity contribution in [3.8, 4) is 0 Å². The summed E-state index contributed by atoms with van der Waals surface area (Å²) in [5.74, 6) is 0. The molecule has 72 valence electrons. The van der Waals surface area contributed by atoms with Gasteiger partial charge >= 0.3 is 0 Å². The lowest BCUT2D eigenvalue weighted by Gasteiger charge is -1.96.